The van der Waals surface area contributed by atoms with Crippen molar-refractivity contribution in [2.24, 2.45) is 5.73 Å². The van der Waals surface area contributed by atoms with Gasteiger partial charge in [0.25, 0.3) is 0 Å². The molecule has 0 amide bonds. The third-order valence-electron chi connectivity index (χ3n) is 2.11. The maximum absolute atomic E-state index is 5.58. The zero-order chi connectivity index (χ0) is 11.6. The highest BCUT2D eigenvalue weighted by Gasteiger charge is 1.97. The SMILES string of the molecule is CCCCCOCc1ccc(C#CCN)s1. The van der Waals surface area contributed by atoms with E-state index in [1.54, 1.807) is 11.3 Å². The van der Waals surface area contributed by atoms with Crippen molar-refractivity contribution in [1.82, 2.24) is 0 Å². The average molecular weight is 237 g/mol. The molecule has 0 saturated carbocycles. The zero-order valence-electron chi connectivity index (χ0n) is 9.79. The van der Waals surface area contributed by atoms with Crippen molar-refractivity contribution in [3.05, 3.63) is 21.9 Å². The fourth-order valence-corrected chi connectivity index (χ4v) is 2.11. The van der Waals surface area contributed by atoms with E-state index in [9.17, 15) is 0 Å². The van der Waals surface area contributed by atoms with Crippen LogP contribution in [0.3, 0.4) is 0 Å². The van der Waals surface area contributed by atoms with Crippen molar-refractivity contribution in [2.45, 2.75) is 32.8 Å². The van der Waals surface area contributed by atoms with Crippen LogP contribution in [0.5, 0.6) is 0 Å². The Morgan fingerprint density at radius 2 is 2.25 bits per heavy atom. The van der Waals surface area contributed by atoms with Crippen LogP contribution < -0.4 is 5.73 Å². The minimum Gasteiger partial charge on any atom is -0.376 e. The van der Waals surface area contributed by atoms with Crippen LogP contribution in [-0.2, 0) is 11.3 Å². The summed E-state index contributed by atoms with van der Waals surface area (Å²) in [6, 6.07) is 4.10. The third-order valence-corrected chi connectivity index (χ3v) is 3.09. The first-order valence-corrected chi connectivity index (χ1v) is 6.54. The van der Waals surface area contributed by atoms with Crippen molar-refractivity contribution in [3.63, 3.8) is 0 Å². The van der Waals surface area contributed by atoms with Crippen molar-refractivity contribution in [3.8, 4) is 11.8 Å². The van der Waals surface area contributed by atoms with Gasteiger partial charge in [-0.15, -0.1) is 11.3 Å². The second kappa shape index (κ2) is 8.35. The molecule has 2 N–H and O–H groups in total. The molecule has 1 rings (SSSR count). The number of rotatable bonds is 6. The summed E-state index contributed by atoms with van der Waals surface area (Å²) in [6.07, 6.45) is 3.64. The first kappa shape index (κ1) is 13.2. The molecule has 1 heterocycles. The maximum Gasteiger partial charge on any atom is 0.0809 e. The summed E-state index contributed by atoms with van der Waals surface area (Å²) in [6.45, 7) is 4.18. The fourth-order valence-electron chi connectivity index (χ4n) is 1.29. The van der Waals surface area contributed by atoms with Crippen molar-refractivity contribution >= 4 is 11.3 Å². The summed E-state index contributed by atoms with van der Waals surface area (Å²) in [5.74, 6) is 5.87. The van der Waals surface area contributed by atoms with Gasteiger partial charge in [0.1, 0.15) is 0 Å². The molecule has 1 aromatic rings. The Kier molecular flexibility index (Phi) is 6.91. The smallest absolute Gasteiger partial charge is 0.0809 e. The van der Waals surface area contributed by atoms with Gasteiger partial charge in [-0.2, -0.15) is 0 Å². The van der Waals surface area contributed by atoms with E-state index in [1.807, 2.05) is 6.07 Å². The van der Waals surface area contributed by atoms with Crippen LogP contribution in [0.15, 0.2) is 12.1 Å². The summed E-state index contributed by atoms with van der Waals surface area (Å²) in [7, 11) is 0. The molecule has 2 nitrogen and oxygen atoms in total. The van der Waals surface area contributed by atoms with Crippen LogP contribution in [0.2, 0.25) is 0 Å². The Balaban J connectivity index is 2.24. The van der Waals surface area contributed by atoms with Gasteiger partial charge in [-0.1, -0.05) is 31.6 Å². The molecule has 88 valence electrons. The highest BCUT2D eigenvalue weighted by Crippen LogP contribution is 2.16. The molecule has 16 heavy (non-hydrogen) atoms. The Hall–Kier alpha value is -0.820. The van der Waals surface area contributed by atoms with Crippen LogP contribution in [0, 0.1) is 11.8 Å². The number of hydrogen-bond donors (Lipinski definition) is 1. The lowest BCUT2D eigenvalue weighted by atomic mass is 10.3. The number of ether oxygens (including phenoxy) is 1. The van der Waals surface area contributed by atoms with Crippen LogP contribution in [0.1, 0.15) is 35.9 Å². The van der Waals surface area contributed by atoms with Gasteiger partial charge in [0.05, 0.1) is 18.0 Å². The molecule has 1 aromatic heterocycles. The van der Waals surface area contributed by atoms with E-state index in [-0.39, 0.29) is 0 Å². The van der Waals surface area contributed by atoms with Gasteiger partial charge in [-0.3, -0.25) is 0 Å². The highest BCUT2D eigenvalue weighted by atomic mass is 32.1. The van der Waals surface area contributed by atoms with E-state index in [4.69, 9.17) is 10.5 Å². The quantitative estimate of drug-likeness (QED) is 0.610. The van der Waals surface area contributed by atoms with Gasteiger partial charge >= 0.3 is 0 Å². The second-order valence-electron chi connectivity index (χ2n) is 3.53. The van der Waals surface area contributed by atoms with Gasteiger partial charge in [-0.25, -0.2) is 0 Å². The minimum atomic E-state index is 0.417. The molecule has 3 heteroatoms. The lowest BCUT2D eigenvalue weighted by Crippen LogP contribution is -1.93. The molecule has 0 aliphatic carbocycles. The van der Waals surface area contributed by atoms with E-state index in [0.717, 1.165) is 17.9 Å². The highest BCUT2D eigenvalue weighted by molar-refractivity contribution is 7.12. The minimum absolute atomic E-state index is 0.417. The molecule has 0 aromatic carbocycles. The number of thiophene rings is 1. The van der Waals surface area contributed by atoms with E-state index < -0.39 is 0 Å². The number of hydrogen-bond acceptors (Lipinski definition) is 3. The lowest BCUT2D eigenvalue weighted by molar-refractivity contribution is 0.119. The van der Waals surface area contributed by atoms with E-state index in [2.05, 4.69) is 24.8 Å². The molecule has 0 spiro atoms. The molecule has 0 bridgehead atoms. The average Bonchev–Trinajstić information content (AvgIpc) is 2.74. The van der Waals surface area contributed by atoms with Gasteiger partial charge in [0, 0.05) is 11.5 Å². The number of nitrogens with two attached hydrogens (primary N) is 1. The predicted molar refractivity (Wildman–Crippen MR) is 69.4 cm³/mol. The van der Waals surface area contributed by atoms with Gasteiger partial charge < -0.3 is 10.5 Å². The Morgan fingerprint density at radius 1 is 1.38 bits per heavy atom. The van der Waals surface area contributed by atoms with Gasteiger partial charge in [0.2, 0.25) is 0 Å². The molecular formula is C13H19NOS. The second-order valence-corrected chi connectivity index (χ2v) is 4.70. The zero-order valence-corrected chi connectivity index (χ0v) is 10.6. The van der Waals surface area contributed by atoms with E-state index in [1.165, 1.54) is 17.7 Å². The molecule has 0 unspecified atom stereocenters. The molecule has 0 atom stereocenters. The number of unbranched alkanes of at least 4 members (excludes halogenated alkanes) is 2. The first-order chi connectivity index (χ1) is 7.86. The first-order valence-electron chi connectivity index (χ1n) is 5.72. The topological polar surface area (TPSA) is 35.2 Å². The maximum atomic E-state index is 5.58. The third kappa shape index (κ3) is 5.32. The predicted octanol–water partition coefficient (Wildman–Crippen LogP) is 2.77. The van der Waals surface area contributed by atoms with E-state index in [0.29, 0.717) is 13.2 Å². The molecular weight excluding hydrogens is 218 g/mol. The normalized spacial score (nSPS) is 9.88. The van der Waals surface area contributed by atoms with E-state index >= 15 is 0 Å². The summed E-state index contributed by atoms with van der Waals surface area (Å²) < 4.78 is 5.58. The summed E-state index contributed by atoms with van der Waals surface area (Å²) in [5, 5.41) is 0. The van der Waals surface area contributed by atoms with Crippen molar-refractivity contribution in [2.75, 3.05) is 13.2 Å². The lowest BCUT2D eigenvalue weighted by Gasteiger charge is -2.00. The van der Waals surface area contributed by atoms with Crippen LogP contribution in [-0.4, -0.2) is 13.2 Å². The van der Waals surface area contributed by atoms with Crippen molar-refractivity contribution < 1.29 is 4.74 Å². The summed E-state index contributed by atoms with van der Waals surface area (Å²) in [4.78, 5) is 2.30. The van der Waals surface area contributed by atoms with Crippen molar-refractivity contribution in [1.29, 1.82) is 0 Å². The largest absolute Gasteiger partial charge is 0.376 e. The molecule has 0 saturated heterocycles. The van der Waals surface area contributed by atoms with Crippen LogP contribution in [0.25, 0.3) is 0 Å². The summed E-state index contributed by atoms with van der Waals surface area (Å²) >= 11 is 1.68. The fraction of sp³-hybridized carbons (Fsp3) is 0.538. The Bertz CT molecular complexity index is 348. The molecule has 0 aliphatic heterocycles. The Morgan fingerprint density at radius 3 is 3.00 bits per heavy atom. The monoisotopic (exact) mass is 237 g/mol. The Labute approximate surface area is 102 Å². The molecule has 0 radical (unpaired) electrons. The molecule has 0 aliphatic rings. The van der Waals surface area contributed by atoms with Gasteiger partial charge in [0.15, 0.2) is 0 Å². The van der Waals surface area contributed by atoms with Gasteiger partial charge in [-0.05, 0) is 18.6 Å². The standard InChI is InChI=1S/C13H19NOS/c1-2-3-4-10-15-11-13-8-7-12(16-13)6-5-9-14/h7-8H,2-4,9-11,14H2,1H3. The summed E-state index contributed by atoms with van der Waals surface area (Å²) in [5.41, 5.74) is 5.32. The van der Waals surface area contributed by atoms with Crippen LogP contribution in [0.4, 0.5) is 0 Å². The van der Waals surface area contributed by atoms with Crippen LogP contribution >= 0.6 is 11.3 Å². The molecule has 0 fully saturated rings.